The molecule has 1 atom stereocenters. The predicted molar refractivity (Wildman–Crippen MR) is 91.8 cm³/mol. The zero-order valence-electron chi connectivity index (χ0n) is 12.9. The van der Waals surface area contributed by atoms with Gasteiger partial charge in [-0.2, -0.15) is 10.2 Å². The molecule has 0 bridgehead atoms. The average Bonchev–Trinajstić information content (AvgIpc) is 2.60. The maximum atomic E-state index is 6.55. The van der Waals surface area contributed by atoms with Crippen LogP contribution >= 0.6 is 0 Å². The summed E-state index contributed by atoms with van der Waals surface area (Å²) in [7, 11) is 0. The molecule has 0 fully saturated rings. The summed E-state index contributed by atoms with van der Waals surface area (Å²) >= 11 is 0. The molecule has 0 amide bonds. The van der Waals surface area contributed by atoms with E-state index in [4.69, 9.17) is 5.73 Å². The van der Waals surface area contributed by atoms with E-state index in [0.717, 1.165) is 36.2 Å². The van der Waals surface area contributed by atoms with Gasteiger partial charge in [-0.25, -0.2) is 0 Å². The molecule has 1 aromatic heterocycles. The van der Waals surface area contributed by atoms with Crippen LogP contribution in [0, 0.1) is 0 Å². The lowest BCUT2D eigenvalue weighted by atomic mass is 9.72. The molecule has 3 aromatic rings. The lowest BCUT2D eigenvalue weighted by molar-refractivity contribution is 0.336. The molecule has 2 aromatic carbocycles. The highest BCUT2D eigenvalue weighted by molar-refractivity contribution is 5.60. The van der Waals surface area contributed by atoms with Crippen LogP contribution in [0.15, 0.2) is 66.7 Å². The second kappa shape index (κ2) is 5.60. The van der Waals surface area contributed by atoms with E-state index in [1.165, 1.54) is 11.1 Å². The van der Waals surface area contributed by atoms with Gasteiger partial charge in [0.1, 0.15) is 0 Å². The Hall–Kier alpha value is -2.52. The zero-order valence-corrected chi connectivity index (χ0v) is 12.9. The van der Waals surface area contributed by atoms with Gasteiger partial charge >= 0.3 is 0 Å². The summed E-state index contributed by atoms with van der Waals surface area (Å²) in [5.41, 5.74) is 11.8. The summed E-state index contributed by atoms with van der Waals surface area (Å²) in [6.07, 6.45) is 2.76. The molecule has 2 N–H and O–H groups in total. The van der Waals surface area contributed by atoms with E-state index in [2.05, 4.69) is 52.7 Å². The van der Waals surface area contributed by atoms with Gasteiger partial charge in [-0.3, -0.25) is 0 Å². The molecule has 1 aliphatic rings. The minimum atomic E-state index is -0.326. The molecular weight excluding hydrogens is 282 g/mol. The van der Waals surface area contributed by atoms with Gasteiger partial charge < -0.3 is 5.73 Å². The molecule has 23 heavy (non-hydrogen) atoms. The van der Waals surface area contributed by atoms with Gasteiger partial charge in [0.25, 0.3) is 0 Å². The SMILES string of the molecule is NC1(CCc2ccccc2)Cc2cc(-c3ccccc3)nnc21. The van der Waals surface area contributed by atoms with Crippen molar-refractivity contribution in [1.82, 2.24) is 10.2 Å². The third-order valence-electron chi connectivity index (χ3n) is 4.62. The summed E-state index contributed by atoms with van der Waals surface area (Å²) in [4.78, 5) is 0. The maximum absolute atomic E-state index is 6.55. The van der Waals surface area contributed by atoms with Crippen molar-refractivity contribution in [3.05, 3.63) is 83.6 Å². The topological polar surface area (TPSA) is 51.8 Å². The van der Waals surface area contributed by atoms with Gasteiger partial charge in [0, 0.05) is 5.56 Å². The molecule has 114 valence electrons. The summed E-state index contributed by atoms with van der Waals surface area (Å²) in [5, 5.41) is 8.81. The molecule has 1 unspecified atom stereocenters. The Balaban J connectivity index is 1.52. The molecule has 0 radical (unpaired) electrons. The molecule has 0 spiro atoms. The minimum absolute atomic E-state index is 0.326. The average molecular weight is 301 g/mol. The fourth-order valence-electron chi connectivity index (χ4n) is 3.27. The van der Waals surface area contributed by atoms with Crippen LogP contribution in [0.4, 0.5) is 0 Å². The Morgan fingerprint density at radius 3 is 2.30 bits per heavy atom. The zero-order chi connectivity index (χ0) is 15.7. The van der Waals surface area contributed by atoms with E-state index in [1.807, 2.05) is 24.3 Å². The lowest BCUT2D eigenvalue weighted by Crippen LogP contribution is -2.48. The van der Waals surface area contributed by atoms with Crippen molar-refractivity contribution < 1.29 is 0 Å². The first kappa shape index (κ1) is 14.1. The summed E-state index contributed by atoms with van der Waals surface area (Å²) in [6, 6.07) is 22.8. The molecule has 1 heterocycles. The number of benzene rings is 2. The Labute approximate surface area is 136 Å². The second-order valence-corrected chi connectivity index (χ2v) is 6.29. The van der Waals surface area contributed by atoms with Crippen LogP contribution in [0.25, 0.3) is 11.3 Å². The van der Waals surface area contributed by atoms with E-state index in [9.17, 15) is 0 Å². The molecule has 1 aliphatic carbocycles. The van der Waals surface area contributed by atoms with E-state index in [-0.39, 0.29) is 5.54 Å². The Morgan fingerprint density at radius 2 is 1.61 bits per heavy atom. The number of nitrogens with two attached hydrogens (primary N) is 1. The molecule has 0 saturated carbocycles. The van der Waals surface area contributed by atoms with E-state index in [1.54, 1.807) is 0 Å². The minimum Gasteiger partial charge on any atom is -0.320 e. The van der Waals surface area contributed by atoms with Gasteiger partial charge in [-0.15, -0.1) is 0 Å². The quantitative estimate of drug-likeness (QED) is 0.802. The predicted octanol–water partition coefficient (Wildman–Crippen LogP) is 3.49. The molecular formula is C20H19N3. The maximum Gasteiger partial charge on any atom is 0.0932 e. The fraction of sp³-hybridized carbons (Fsp3) is 0.200. The number of rotatable bonds is 4. The number of nitrogens with zero attached hydrogens (tertiary/aromatic N) is 2. The summed E-state index contributed by atoms with van der Waals surface area (Å²) < 4.78 is 0. The Kier molecular flexibility index (Phi) is 3.43. The van der Waals surface area contributed by atoms with Crippen molar-refractivity contribution in [2.75, 3.05) is 0 Å². The first-order valence-corrected chi connectivity index (χ1v) is 8.00. The summed E-state index contributed by atoms with van der Waals surface area (Å²) in [5.74, 6) is 0. The molecule has 4 rings (SSSR count). The van der Waals surface area contributed by atoms with Crippen molar-refractivity contribution in [3.8, 4) is 11.3 Å². The van der Waals surface area contributed by atoms with Crippen LogP contribution in [0.1, 0.15) is 23.2 Å². The monoisotopic (exact) mass is 301 g/mol. The smallest absolute Gasteiger partial charge is 0.0932 e. The van der Waals surface area contributed by atoms with E-state index in [0.29, 0.717) is 0 Å². The number of hydrogen-bond acceptors (Lipinski definition) is 3. The van der Waals surface area contributed by atoms with Gasteiger partial charge in [-0.05, 0) is 36.5 Å². The van der Waals surface area contributed by atoms with Gasteiger partial charge in [0.05, 0.1) is 16.9 Å². The van der Waals surface area contributed by atoms with Crippen molar-refractivity contribution >= 4 is 0 Å². The van der Waals surface area contributed by atoms with Crippen LogP contribution in [-0.2, 0) is 18.4 Å². The molecule has 3 heteroatoms. The molecule has 0 aliphatic heterocycles. The number of aromatic nitrogens is 2. The molecule has 3 nitrogen and oxygen atoms in total. The number of aryl methyl sites for hydroxylation is 1. The van der Waals surface area contributed by atoms with E-state index >= 15 is 0 Å². The van der Waals surface area contributed by atoms with E-state index < -0.39 is 0 Å². The first-order chi connectivity index (χ1) is 11.2. The third-order valence-corrected chi connectivity index (χ3v) is 4.62. The highest BCUT2D eigenvalue weighted by Gasteiger charge is 2.41. The molecule has 0 saturated heterocycles. The van der Waals surface area contributed by atoms with Crippen LogP contribution in [0.2, 0.25) is 0 Å². The standard InChI is InChI=1S/C20H19N3/c21-20(12-11-15-7-3-1-4-8-15)14-17-13-18(22-23-19(17)20)16-9-5-2-6-10-16/h1-10,13H,11-12,14,21H2. The van der Waals surface area contributed by atoms with Crippen LogP contribution in [0.5, 0.6) is 0 Å². The van der Waals surface area contributed by atoms with Crippen molar-refractivity contribution in [2.24, 2.45) is 5.73 Å². The van der Waals surface area contributed by atoms with Crippen molar-refractivity contribution in [2.45, 2.75) is 24.8 Å². The van der Waals surface area contributed by atoms with Crippen molar-refractivity contribution in [3.63, 3.8) is 0 Å². The normalized spacial score (nSPS) is 19.0. The Morgan fingerprint density at radius 1 is 0.913 bits per heavy atom. The van der Waals surface area contributed by atoms with Gasteiger partial charge in [-0.1, -0.05) is 60.7 Å². The first-order valence-electron chi connectivity index (χ1n) is 8.00. The van der Waals surface area contributed by atoms with Crippen LogP contribution < -0.4 is 5.73 Å². The van der Waals surface area contributed by atoms with Crippen LogP contribution in [0.3, 0.4) is 0 Å². The van der Waals surface area contributed by atoms with Gasteiger partial charge in [0.15, 0.2) is 0 Å². The summed E-state index contributed by atoms with van der Waals surface area (Å²) in [6.45, 7) is 0. The second-order valence-electron chi connectivity index (χ2n) is 6.29. The highest BCUT2D eigenvalue weighted by atomic mass is 15.1. The Bertz CT molecular complexity index is 815. The lowest BCUT2D eigenvalue weighted by Gasteiger charge is -2.39. The number of fused-ring (bicyclic) bond motifs is 1. The fourth-order valence-corrected chi connectivity index (χ4v) is 3.27. The highest BCUT2D eigenvalue weighted by Crippen LogP contribution is 2.39. The van der Waals surface area contributed by atoms with Crippen LogP contribution in [-0.4, -0.2) is 10.2 Å². The van der Waals surface area contributed by atoms with Crippen molar-refractivity contribution in [1.29, 1.82) is 0 Å². The van der Waals surface area contributed by atoms with Gasteiger partial charge in [0.2, 0.25) is 0 Å². The third kappa shape index (κ3) is 2.64. The largest absolute Gasteiger partial charge is 0.320 e. The number of hydrogen-bond donors (Lipinski definition) is 1.